The summed E-state index contributed by atoms with van der Waals surface area (Å²) in [4.78, 5) is 24.5. The van der Waals surface area contributed by atoms with Crippen LogP contribution in [0.3, 0.4) is 0 Å². The van der Waals surface area contributed by atoms with Crippen molar-refractivity contribution in [3.8, 4) is 0 Å². The van der Waals surface area contributed by atoms with Crippen LogP contribution in [0.25, 0.3) is 0 Å². The number of nitrogens with zero attached hydrogens (tertiary/aromatic N) is 1. The van der Waals surface area contributed by atoms with Crippen LogP contribution in [0.2, 0.25) is 0 Å². The Hall–Kier alpha value is -3.72. The van der Waals surface area contributed by atoms with Gasteiger partial charge in [-0.2, -0.15) is 0 Å². The van der Waals surface area contributed by atoms with Gasteiger partial charge in [0.05, 0.1) is 22.2 Å². The highest BCUT2D eigenvalue weighted by Gasteiger charge is 2.23. The summed E-state index contributed by atoms with van der Waals surface area (Å²) in [5.74, 6) is -1.77. The quantitative estimate of drug-likeness (QED) is 0.507. The molecule has 0 aliphatic heterocycles. The van der Waals surface area contributed by atoms with Crippen LogP contribution in [0.4, 0.5) is 10.1 Å². The molecule has 0 unspecified atom stereocenters. The number of rotatable bonds is 8. The van der Waals surface area contributed by atoms with Crippen molar-refractivity contribution in [3.63, 3.8) is 0 Å². The second-order valence-corrected chi connectivity index (χ2v) is 9.22. The number of para-hydroxylation sites is 1. The Bertz CT molecular complexity index is 1230. The number of anilines is 1. The van der Waals surface area contributed by atoms with Crippen LogP contribution in [0.15, 0.2) is 83.8 Å². The molecule has 0 saturated carbocycles. The molecule has 7 nitrogen and oxygen atoms in total. The van der Waals surface area contributed by atoms with Crippen molar-refractivity contribution in [1.82, 2.24) is 5.32 Å². The summed E-state index contributed by atoms with van der Waals surface area (Å²) < 4.78 is 45.1. The van der Waals surface area contributed by atoms with Gasteiger partial charge in [0.2, 0.25) is 0 Å². The first-order chi connectivity index (χ1) is 15.7. The molecular weight excluding hydrogens is 447 g/mol. The molecule has 0 aliphatic rings. The third-order valence-corrected chi connectivity index (χ3v) is 6.71. The summed E-state index contributed by atoms with van der Waals surface area (Å²) in [5.41, 5.74) is 1.16. The highest BCUT2D eigenvalue weighted by molar-refractivity contribution is 7.92. The van der Waals surface area contributed by atoms with E-state index < -0.39 is 34.5 Å². The van der Waals surface area contributed by atoms with E-state index in [1.165, 1.54) is 43.4 Å². The Labute approximate surface area is 191 Å². The van der Waals surface area contributed by atoms with E-state index in [2.05, 4.69) is 5.32 Å². The minimum Gasteiger partial charge on any atom is -0.452 e. The molecule has 0 spiro atoms. The number of carbonyl (C=O) groups is 2. The molecule has 0 aliphatic carbocycles. The number of carbonyl (C=O) groups excluding carboxylic acids is 2. The Morgan fingerprint density at radius 2 is 1.67 bits per heavy atom. The SMILES string of the molecule is C[C@H](NC(=O)COC(=O)c1cccc(S(=O)(=O)N(C)c2ccccc2)c1)c1ccc(F)cc1. The van der Waals surface area contributed by atoms with Gasteiger partial charge in [-0.25, -0.2) is 17.6 Å². The molecule has 0 saturated heterocycles. The molecule has 3 rings (SSSR count). The van der Waals surface area contributed by atoms with Crippen molar-refractivity contribution >= 4 is 27.6 Å². The van der Waals surface area contributed by atoms with Crippen molar-refractivity contribution in [2.75, 3.05) is 18.0 Å². The molecule has 1 amide bonds. The zero-order chi connectivity index (χ0) is 24.0. The van der Waals surface area contributed by atoms with Gasteiger partial charge in [0, 0.05) is 7.05 Å². The van der Waals surface area contributed by atoms with Gasteiger partial charge in [0.1, 0.15) is 5.82 Å². The molecule has 0 fully saturated rings. The average molecular weight is 471 g/mol. The summed E-state index contributed by atoms with van der Waals surface area (Å²) in [6.45, 7) is 1.16. The highest BCUT2D eigenvalue weighted by Crippen LogP contribution is 2.22. The number of esters is 1. The maximum atomic E-state index is 13.0. The standard InChI is InChI=1S/C24H23FN2O5S/c1-17(18-11-13-20(25)14-12-18)26-23(28)16-32-24(29)19-7-6-10-22(15-19)33(30,31)27(2)21-8-4-3-5-9-21/h3-15,17H,16H2,1-2H3,(H,26,28)/t17-/m0/s1. The monoisotopic (exact) mass is 470 g/mol. The minimum atomic E-state index is -3.91. The molecule has 9 heteroatoms. The third-order valence-electron chi connectivity index (χ3n) is 4.93. The van der Waals surface area contributed by atoms with Crippen LogP contribution in [0.1, 0.15) is 28.9 Å². The lowest BCUT2D eigenvalue weighted by Crippen LogP contribution is -2.31. The molecule has 0 radical (unpaired) electrons. The largest absolute Gasteiger partial charge is 0.452 e. The van der Waals surface area contributed by atoms with Crippen molar-refractivity contribution in [2.45, 2.75) is 17.9 Å². The summed E-state index contributed by atoms with van der Waals surface area (Å²) in [6.07, 6.45) is 0. The summed E-state index contributed by atoms with van der Waals surface area (Å²) in [5, 5.41) is 2.65. The second-order valence-electron chi connectivity index (χ2n) is 7.25. The van der Waals surface area contributed by atoms with E-state index >= 15 is 0 Å². The van der Waals surface area contributed by atoms with Crippen LogP contribution in [0, 0.1) is 5.82 Å². The fourth-order valence-electron chi connectivity index (χ4n) is 3.05. The number of halogens is 1. The smallest absolute Gasteiger partial charge is 0.338 e. The van der Waals surface area contributed by atoms with Crippen LogP contribution >= 0.6 is 0 Å². The molecule has 0 aromatic heterocycles. The highest BCUT2D eigenvalue weighted by atomic mass is 32.2. The fourth-order valence-corrected chi connectivity index (χ4v) is 4.29. The lowest BCUT2D eigenvalue weighted by atomic mass is 10.1. The van der Waals surface area contributed by atoms with Crippen LogP contribution < -0.4 is 9.62 Å². The molecule has 0 bridgehead atoms. The third kappa shape index (κ3) is 5.95. The van der Waals surface area contributed by atoms with Gasteiger partial charge in [-0.15, -0.1) is 0 Å². The van der Waals surface area contributed by atoms with Gasteiger partial charge in [0.15, 0.2) is 6.61 Å². The summed E-state index contributed by atoms with van der Waals surface area (Å²) in [6, 6.07) is 19.2. The Morgan fingerprint density at radius 3 is 2.33 bits per heavy atom. The summed E-state index contributed by atoms with van der Waals surface area (Å²) in [7, 11) is -2.49. The molecule has 3 aromatic rings. The average Bonchev–Trinajstić information content (AvgIpc) is 2.83. The predicted octanol–water partition coefficient (Wildman–Crippen LogP) is 3.69. The normalized spacial score (nSPS) is 12.0. The van der Waals surface area contributed by atoms with Gasteiger partial charge >= 0.3 is 5.97 Å². The fraction of sp³-hybridized carbons (Fsp3) is 0.167. The molecule has 33 heavy (non-hydrogen) atoms. The number of hydrogen-bond acceptors (Lipinski definition) is 5. The van der Waals surface area contributed by atoms with Crippen molar-refractivity contribution in [1.29, 1.82) is 0 Å². The first-order valence-electron chi connectivity index (χ1n) is 10.0. The zero-order valence-corrected chi connectivity index (χ0v) is 18.9. The lowest BCUT2D eigenvalue weighted by molar-refractivity contribution is -0.124. The van der Waals surface area contributed by atoms with E-state index in [-0.39, 0.29) is 16.3 Å². The van der Waals surface area contributed by atoms with E-state index in [9.17, 15) is 22.4 Å². The summed E-state index contributed by atoms with van der Waals surface area (Å²) >= 11 is 0. The maximum Gasteiger partial charge on any atom is 0.338 e. The second kappa shape index (κ2) is 10.3. The Morgan fingerprint density at radius 1 is 1.00 bits per heavy atom. The van der Waals surface area contributed by atoms with E-state index in [0.29, 0.717) is 11.3 Å². The van der Waals surface area contributed by atoms with Crippen molar-refractivity contribution < 1.29 is 27.1 Å². The number of nitrogens with one attached hydrogen (secondary N) is 1. The van der Waals surface area contributed by atoms with E-state index in [1.54, 1.807) is 49.4 Å². The first kappa shape index (κ1) is 23.9. The van der Waals surface area contributed by atoms with Crippen molar-refractivity contribution in [2.24, 2.45) is 0 Å². The number of sulfonamides is 1. The van der Waals surface area contributed by atoms with Gasteiger partial charge in [-0.3, -0.25) is 9.10 Å². The van der Waals surface area contributed by atoms with Gasteiger partial charge < -0.3 is 10.1 Å². The number of ether oxygens (including phenoxy) is 1. The minimum absolute atomic E-state index is 0.00285. The molecule has 0 heterocycles. The van der Waals surface area contributed by atoms with E-state index in [1.807, 2.05) is 0 Å². The topological polar surface area (TPSA) is 92.8 Å². The van der Waals surface area contributed by atoms with Gasteiger partial charge in [-0.05, 0) is 55.0 Å². The number of benzene rings is 3. The predicted molar refractivity (Wildman–Crippen MR) is 122 cm³/mol. The zero-order valence-electron chi connectivity index (χ0n) is 18.1. The molecular formula is C24H23FN2O5S. The van der Waals surface area contributed by atoms with E-state index in [0.717, 1.165) is 4.31 Å². The lowest BCUT2D eigenvalue weighted by Gasteiger charge is -2.19. The van der Waals surface area contributed by atoms with Crippen LogP contribution in [0.5, 0.6) is 0 Å². The van der Waals surface area contributed by atoms with E-state index in [4.69, 9.17) is 4.74 Å². The Kier molecular flexibility index (Phi) is 7.44. The number of hydrogen-bond donors (Lipinski definition) is 1. The van der Waals surface area contributed by atoms with Gasteiger partial charge in [-0.1, -0.05) is 36.4 Å². The molecule has 172 valence electrons. The Balaban J connectivity index is 1.63. The first-order valence-corrected chi connectivity index (χ1v) is 11.5. The van der Waals surface area contributed by atoms with Crippen LogP contribution in [-0.4, -0.2) is 33.9 Å². The molecule has 3 aromatic carbocycles. The number of amides is 1. The maximum absolute atomic E-state index is 13.0. The van der Waals surface area contributed by atoms with Crippen molar-refractivity contribution in [3.05, 3.63) is 95.8 Å². The molecule has 1 N–H and O–H groups in total. The molecule has 1 atom stereocenters. The van der Waals surface area contributed by atoms with Crippen LogP contribution in [-0.2, 0) is 19.6 Å². The van der Waals surface area contributed by atoms with Gasteiger partial charge in [0.25, 0.3) is 15.9 Å².